The molecule has 3 aromatic rings. The molecule has 0 spiro atoms. The second-order valence-electron chi connectivity index (χ2n) is 7.10. The van der Waals surface area contributed by atoms with E-state index in [9.17, 15) is 4.79 Å². The Bertz CT molecular complexity index is 1030. The number of carbonyl (C=O) groups is 1. The number of aromatic amines is 1. The van der Waals surface area contributed by atoms with Crippen molar-refractivity contribution in [3.63, 3.8) is 0 Å². The van der Waals surface area contributed by atoms with Crippen LogP contribution in [-0.4, -0.2) is 23.2 Å². The van der Waals surface area contributed by atoms with Gasteiger partial charge in [0, 0.05) is 23.6 Å². The van der Waals surface area contributed by atoms with Crippen LogP contribution in [0.25, 0.3) is 0 Å². The second-order valence-corrected chi connectivity index (χ2v) is 7.10. The zero-order valence-corrected chi connectivity index (χ0v) is 16.2. The van der Waals surface area contributed by atoms with Crippen LogP contribution >= 0.6 is 0 Å². The summed E-state index contributed by atoms with van der Waals surface area (Å²) in [4.78, 5) is 12.1. The van der Waals surface area contributed by atoms with Gasteiger partial charge in [-0.05, 0) is 37.1 Å². The summed E-state index contributed by atoms with van der Waals surface area (Å²) in [6.07, 6.45) is 0.375. The second kappa shape index (κ2) is 7.38. The Morgan fingerprint density at radius 1 is 1.14 bits per heavy atom. The zero-order chi connectivity index (χ0) is 19.7. The molecule has 0 saturated carbocycles. The minimum atomic E-state index is -0.0674. The number of amides is 1. The van der Waals surface area contributed by atoms with E-state index in [1.807, 2.05) is 37.3 Å². The van der Waals surface area contributed by atoms with Gasteiger partial charge in [0.15, 0.2) is 17.3 Å². The number of aromatic nitrogens is 2. The number of H-pyrrole nitrogens is 1. The molecule has 1 aliphatic heterocycles. The SMILES string of the molecule is COc1cc([C@H]2CC(=O)Nc3n[nH]c(C)c32)ccc1OCc1cccc(C)c1. The molecule has 0 unspecified atom stereocenters. The maximum absolute atomic E-state index is 12.1. The van der Waals surface area contributed by atoms with E-state index in [-0.39, 0.29) is 11.8 Å². The standard InChI is InChI=1S/C22H23N3O3/c1-13-5-4-6-15(9-13)12-28-18-8-7-16(10-19(18)27-3)17-11-20(26)23-22-21(17)14(2)24-25-22/h4-10,17H,11-12H2,1-3H3,(H2,23,24,25,26)/t17-/m1/s1. The van der Waals surface area contributed by atoms with Crippen molar-refractivity contribution in [2.24, 2.45) is 0 Å². The van der Waals surface area contributed by atoms with Gasteiger partial charge in [0.1, 0.15) is 6.61 Å². The molecule has 1 aromatic heterocycles. The lowest BCUT2D eigenvalue weighted by molar-refractivity contribution is -0.116. The summed E-state index contributed by atoms with van der Waals surface area (Å²) < 4.78 is 11.6. The van der Waals surface area contributed by atoms with Crippen LogP contribution in [0.5, 0.6) is 11.5 Å². The number of hydrogen-bond donors (Lipinski definition) is 2. The highest BCUT2D eigenvalue weighted by Gasteiger charge is 2.30. The van der Waals surface area contributed by atoms with Gasteiger partial charge in [-0.15, -0.1) is 0 Å². The van der Waals surface area contributed by atoms with Crippen LogP contribution in [-0.2, 0) is 11.4 Å². The van der Waals surface area contributed by atoms with Crippen molar-refractivity contribution < 1.29 is 14.3 Å². The molecule has 144 valence electrons. The van der Waals surface area contributed by atoms with Gasteiger partial charge in [-0.25, -0.2) is 0 Å². The van der Waals surface area contributed by atoms with Gasteiger partial charge in [-0.3, -0.25) is 9.89 Å². The Morgan fingerprint density at radius 2 is 2.00 bits per heavy atom. The van der Waals surface area contributed by atoms with E-state index < -0.39 is 0 Å². The maximum Gasteiger partial charge on any atom is 0.226 e. The molecule has 0 fully saturated rings. The molecular weight excluding hydrogens is 354 g/mol. The van der Waals surface area contributed by atoms with E-state index >= 15 is 0 Å². The third-order valence-electron chi connectivity index (χ3n) is 5.06. The average molecular weight is 377 g/mol. The van der Waals surface area contributed by atoms with Gasteiger partial charge in [0.05, 0.1) is 7.11 Å². The molecule has 1 atom stereocenters. The molecule has 4 rings (SSSR count). The number of carbonyl (C=O) groups excluding carboxylic acids is 1. The van der Waals surface area contributed by atoms with Crippen molar-refractivity contribution in [3.8, 4) is 11.5 Å². The predicted octanol–water partition coefficient (Wildman–Crippen LogP) is 4.09. The number of hydrogen-bond acceptors (Lipinski definition) is 4. The number of anilines is 1. The summed E-state index contributed by atoms with van der Waals surface area (Å²) in [6, 6.07) is 14.1. The van der Waals surface area contributed by atoms with Crippen molar-refractivity contribution in [1.29, 1.82) is 0 Å². The number of fused-ring (bicyclic) bond motifs is 1. The van der Waals surface area contributed by atoms with Gasteiger partial charge >= 0.3 is 0 Å². The van der Waals surface area contributed by atoms with Gasteiger partial charge in [0.25, 0.3) is 0 Å². The molecule has 0 saturated heterocycles. The Kier molecular flexibility index (Phi) is 4.77. The highest BCUT2D eigenvalue weighted by molar-refractivity contribution is 5.94. The van der Waals surface area contributed by atoms with Gasteiger partial charge < -0.3 is 14.8 Å². The summed E-state index contributed by atoms with van der Waals surface area (Å²) >= 11 is 0. The lowest BCUT2D eigenvalue weighted by Gasteiger charge is -2.23. The van der Waals surface area contributed by atoms with Crippen LogP contribution < -0.4 is 14.8 Å². The van der Waals surface area contributed by atoms with Crippen molar-refractivity contribution in [1.82, 2.24) is 10.2 Å². The summed E-state index contributed by atoms with van der Waals surface area (Å²) in [6.45, 7) is 4.49. The molecule has 2 heterocycles. The van der Waals surface area contributed by atoms with E-state index in [0.29, 0.717) is 30.3 Å². The van der Waals surface area contributed by atoms with E-state index in [0.717, 1.165) is 22.4 Å². The lowest BCUT2D eigenvalue weighted by atomic mass is 9.85. The van der Waals surface area contributed by atoms with Crippen molar-refractivity contribution >= 4 is 11.7 Å². The monoisotopic (exact) mass is 377 g/mol. The lowest BCUT2D eigenvalue weighted by Crippen LogP contribution is -2.23. The van der Waals surface area contributed by atoms with Crippen molar-refractivity contribution in [2.45, 2.75) is 32.8 Å². The molecule has 28 heavy (non-hydrogen) atoms. The average Bonchev–Trinajstić information content (AvgIpc) is 3.06. The highest BCUT2D eigenvalue weighted by Crippen LogP contribution is 2.40. The van der Waals surface area contributed by atoms with Crippen molar-refractivity contribution in [2.75, 3.05) is 12.4 Å². The fourth-order valence-electron chi connectivity index (χ4n) is 3.70. The first-order valence-electron chi connectivity index (χ1n) is 9.26. The van der Waals surface area contributed by atoms with E-state index in [1.54, 1.807) is 7.11 Å². The number of nitrogens with zero attached hydrogens (tertiary/aromatic N) is 1. The third-order valence-corrected chi connectivity index (χ3v) is 5.06. The minimum Gasteiger partial charge on any atom is -0.493 e. The first-order chi connectivity index (χ1) is 13.5. The number of rotatable bonds is 5. The third kappa shape index (κ3) is 3.45. The maximum atomic E-state index is 12.1. The van der Waals surface area contributed by atoms with Gasteiger partial charge in [-0.1, -0.05) is 35.9 Å². The van der Waals surface area contributed by atoms with Gasteiger partial charge in [-0.2, -0.15) is 5.10 Å². The van der Waals surface area contributed by atoms with Crippen LogP contribution in [0.4, 0.5) is 5.82 Å². The van der Waals surface area contributed by atoms with Crippen LogP contribution in [0.15, 0.2) is 42.5 Å². The Labute approximate surface area is 163 Å². The van der Waals surface area contributed by atoms with E-state index in [1.165, 1.54) is 5.56 Å². The number of benzene rings is 2. The topological polar surface area (TPSA) is 76.2 Å². The number of nitrogens with one attached hydrogen (secondary N) is 2. The normalized spacial score (nSPS) is 15.7. The Hall–Kier alpha value is -3.28. The molecular formula is C22H23N3O3. The smallest absolute Gasteiger partial charge is 0.226 e. The van der Waals surface area contributed by atoms with Crippen LogP contribution in [0.2, 0.25) is 0 Å². The first kappa shape index (κ1) is 18.1. The summed E-state index contributed by atoms with van der Waals surface area (Å²) in [5.74, 6) is 1.83. The summed E-state index contributed by atoms with van der Waals surface area (Å²) in [7, 11) is 1.63. The minimum absolute atomic E-state index is 0.0391. The Balaban J connectivity index is 1.60. The molecule has 2 N–H and O–H groups in total. The van der Waals surface area contributed by atoms with Crippen LogP contribution in [0.1, 0.15) is 40.3 Å². The number of ether oxygens (including phenoxy) is 2. The van der Waals surface area contributed by atoms with E-state index in [4.69, 9.17) is 9.47 Å². The molecule has 2 aromatic carbocycles. The molecule has 1 amide bonds. The first-order valence-corrected chi connectivity index (χ1v) is 9.26. The van der Waals surface area contributed by atoms with E-state index in [2.05, 4.69) is 34.6 Å². The molecule has 1 aliphatic rings. The fraction of sp³-hybridized carbons (Fsp3) is 0.273. The van der Waals surface area contributed by atoms with Crippen molar-refractivity contribution in [3.05, 3.63) is 70.4 Å². The molecule has 6 nitrogen and oxygen atoms in total. The van der Waals surface area contributed by atoms with Crippen LogP contribution in [0, 0.1) is 13.8 Å². The summed E-state index contributed by atoms with van der Waals surface area (Å²) in [5, 5.41) is 9.99. The summed E-state index contributed by atoms with van der Waals surface area (Å²) in [5.41, 5.74) is 5.29. The number of methoxy groups -OCH3 is 1. The predicted molar refractivity (Wildman–Crippen MR) is 107 cm³/mol. The van der Waals surface area contributed by atoms with Gasteiger partial charge in [0.2, 0.25) is 5.91 Å². The largest absolute Gasteiger partial charge is 0.493 e. The fourth-order valence-corrected chi connectivity index (χ4v) is 3.70. The molecule has 0 radical (unpaired) electrons. The number of aryl methyl sites for hydroxylation is 2. The quantitative estimate of drug-likeness (QED) is 0.702. The molecule has 0 bridgehead atoms. The molecule has 0 aliphatic carbocycles. The molecule has 6 heteroatoms. The Morgan fingerprint density at radius 3 is 2.79 bits per heavy atom. The van der Waals surface area contributed by atoms with Crippen LogP contribution in [0.3, 0.4) is 0 Å². The zero-order valence-electron chi connectivity index (χ0n) is 16.2. The highest BCUT2D eigenvalue weighted by atomic mass is 16.5.